The number of nitrogens with zero attached hydrogens (tertiary/aromatic N) is 2. The van der Waals surface area contributed by atoms with E-state index in [1.807, 2.05) is 49.5 Å². The Kier molecular flexibility index (Phi) is 3.35. The van der Waals surface area contributed by atoms with E-state index in [1.54, 1.807) is 6.20 Å². The van der Waals surface area contributed by atoms with Crippen LogP contribution < -0.4 is 4.90 Å². The molecular formula is C17H16N2O. The lowest BCUT2D eigenvalue weighted by Gasteiger charge is -2.20. The highest BCUT2D eigenvalue weighted by atomic mass is 16.3. The van der Waals surface area contributed by atoms with Crippen LogP contribution in [0.3, 0.4) is 0 Å². The van der Waals surface area contributed by atoms with Gasteiger partial charge >= 0.3 is 0 Å². The minimum Gasteiger partial charge on any atom is -0.392 e. The first kappa shape index (κ1) is 12.6. The highest BCUT2D eigenvalue weighted by Crippen LogP contribution is 2.30. The van der Waals surface area contributed by atoms with Crippen molar-refractivity contribution in [2.75, 3.05) is 11.9 Å². The number of fused-ring (bicyclic) bond motifs is 1. The predicted octanol–water partition coefficient (Wildman–Crippen LogP) is 3.50. The van der Waals surface area contributed by atoms with Crippen molar-refractivity contribution in [3.05, 3.63) is 66.4 Å². The Morgan fingerprint density at radius 3 is 2.30 bits per heavy atom. The summed E-state index contributed by atoms with van der Waals surface area (Å²) in [6.45, 7) is 0.00282. The van der Waals surface area contributed by atoms with Gasteiger partial charge in [0.1, 0.15) is 5.82 Å². The number of hydrogen-bond donors (Lipinski definition) is 1. The Morgan fingerprint density at radius 1 is 0.950 bits per heavy atom. The highest BCUT2D eigenvalue weighted by molar-refractivity contribution is 5.95. The summed E-state index contributed by atoms with van der Waals surface area (Å²) in [7, 11) is 2.00. The molecular weight excluding hydrogens is 248 g/mol. The Labute approximate surface area is 118 Å². The average Bonchev–Trinajstić information content (AvgIpc) is 2.54. The fourth-order valence-electron chi connectivity index (χ4n) is 2.40. The third kappa shape index (κ3) is 2.12. The molecule has 0 aliphatic rings. The van der Waals surface area contributed by atoms with E-state index in [2.05, 4.69) is 22.0 Å². The molecule has 0 fully saturated rings. The number of rotatable bonds is 3. The van der Waals surface area contributed by atoms with Crippen molar-refractivity contribution >= 4 is 22.3 Å². The number of pyridine rings is 1. The van der Waals surface area contributed by atoms with Crippen LogP contribution >= 0.6 is 0 Å². The number of para-hydroxylation sites is 1. The van der Waals surface area contributed by atoms with Gasteiger partial charge in [-0.05, 0) is 17.5 Å². The fourth-order valence-corrected chi connectivity index (χ4v) is 2.40. The van der Waals surface area contributed by atoms with E-state index >= 15 is 0 Å². The van der Waals surface area contributed by atoms with Crippen LogP contribution in [0.5, 0.6) is 0 Å². The molecule has 0 saturated heterocycles. The van der Waals surface area contributed by atoms with Gasteiger partial charge in [-0.15, -0.1) is 0 Å². The Morgan fingerprint density at radius 2 is 1.60 bits per heavy atom. The van der Waals surface area contributed by atoms with Crippen molar-refractivity contribution in [3.63, 3.8) is 0 Å². The number of aromatic nitrogens is 1. The first-order valence-electron chi connectivity index (χ1n) is 6.57. The maximum Gasteiger partial charge on any atom is 0.140 e. The van der Waals surface area contributed by atoms with Gasteiger partial charge in [-0.2, -0.15) is 0 Å². The van der Waals surface area contributed by atoms with Gasteiger partial charge in [0, 0.05) is 29.9 Å². The third-order valence-corrected chi connectivity index (χ3v) is 3.49. The standard InChI is InChI=1S/C17H16N2O/c1-19(14-7-3-2-4-8-14)17-16-10-6-5-9-15(16)13(12-20)11-18-17/h2-11,20H,12H2,1H3. The summed E-state index contributed by atoms with van der Waals surface area (Å²) >= 11 is 0. The maximum absolute atomic E-state index is 9.43. The van der Waals surface area contributed by atoms with Crippen LogP contribution in [0.25, 0.3) is 10.8 Å². The van der Waals surface area contributed by atoms with Gasteiger partial charge in [0.25, 0.3) is 0 Å². The number of hydrogen-bond acceptors (Lipinski definition) is 3. The topological polar surface area (TPSA) is 36.4 Å². The van der Waals surface area contributed by atoms with Crippen molar-refractivity contribution in [3.8, 4) is 0 Å². The lowest BCUT2D eigenvalue weighted by molar-refractivity contribution is 0.283. The van der Waals surface area contributed by atoms with Crippen molar-refractivity contribution in [2.24, 2.45) is 0 Å². The van der Waals surface area contributed by atoms with Crippen molar-refractivity contribution < 1.29 is 5.11 Å². The SMILES string of the molecule is CN(c1ccccc1)c1ncc(CO)c2ccccc12. The van der Waals surface area contributed by atoms with Crippen molar-refractivity contribution in [1.82, 2.24) is 4.98 Å². The van der Waals surface area contributed by atoms with Gasteiger partial charge in [-0.1, -0.05) is 42.5 Å². The van der Waals surface area contributed by atoms with E-state index in [1.165, 1.54) is 0 Å². The molecule has 1 N–H and O–H groups in total. The van der Waals surface area contributed by atoms with Crippen LogP contribution in [-0.2, 0) is 6.61 Å². The Bertz CT molecular complexity index is 725. The molecule has 0 radical (unpaired) electrons. The molecule has 0 aliphatic heterocycles. The summed E-state index contributed by atoms with van der Waals surface area (Å²) < 4.78 is 0. The molecule has 0 spiro atoms. The van der Waals surface area contributed by atoms with Gasteiger partial charge in [0.15, 0.2) is 0 Å². The van der Waals surface area contributed by atoms with E-state index in [0.717, 1.165) is 27.8 Å². The first-order valence-corrected chi connectivity index (χ1v) is 6.57. The van der Waals surface area contributed by atoms with Crippen LogP contribution in [0.15, 0.2) is 60.8 Å². The average molecular weight is 264 g/mol. The van der Waals surface area contributed by atoms with Crippen LogP contribution in [0.1, 0.15) is 5.56 Å². The molecule has 1 heterocycles. The van der Waals surface area contributed by atoms with Crippen molar-refractivity contribution in [1.29, 1.82) is 0 Å². The lowest BCUT2D eigenvalue weighted by atomic mass is 10.1. The lowest BCUT2D eigenvalue weighted by Crippen LogP contribution is -2.12. The quantitative estimate of drug-likeness (QED) is 0.786. The molecule has 0 saturated carbocycles. The van der Waals surface area contributed by atoms with Crippen LogP contribution in [0.4, 0.5) is 11.5 Å². The maximum atomic E-state index is 9.43. The molecule has 0 amide bonds. The molecule has 3 aromatic rings. The molecule has 3 rings (SSSR count). The van der Waals surface area contributed by atoms with E-state index in [0.29, 0.717) is 0 Å². The number of aliphatic hydroxyl groups excluding tert-OH is 1. The number of anilines is 2. The van der Waals surface area contributed by atoms with E-state index < -0.39 is 0 Å². The molecule has 100 valence electrons. The van der Waals surface area contributed by atoms with E-state index in [9.17, 15) is 5.11 Å². The summed E-state index contributed by atoms with van der Waals surface area (Å²) in [5.41, 5.74) is 1.94. The van der Waals surface area contributed by atoms with Gasteiger partial charge in [0.2, 0.25) is 0 Å². The summed E-state index contributed by atoms with van der Waals surface area (Å²) in [6.07, 6.45) is 1.75. The number of benzene rings is 2. The largest absolute Gasteiger partial charge is 0.392 e. The molecule has 3 heteroatoms. The summed E-state index contributed by atoms with van der Waals surface area (Å²) in [5.74, 6) is 0.893. The fraction of sp³-hybridized carbons (Fsp3) is 0.118. The molecule has 0 unspecified atom stereocenters. The molecule has 3 nitrogen and oxygen atoms in total. The minimum atomic E-state index is 0.00282. The molecule has 0 atom stereocenters. The molecule has 0 aliphatic carbocycles. The monoisotopic (exact) mass is 264 g/mol. The smallest absolute Gasteiger partial charge is 0.140 e. The summed E-state index contributed by atoms with van der Waals surface area (Å²) in [4.78, 5) is 6.58. The first-order chi connectivity index (χ1) is 9.81. The molecule has 2 aromatic carbocycles. The highest BCUT2D eigenvalue weighted by Gasteiger charge is 2.11. The second-order valence-electron chi connectivity index (χ2n) is 4.71. The third-order valence-electron chi connectivity index (χ3n) is 3.49. The molecule has 0 bridgehead atoms. The van der Waals surface area contributed by atoms with Crippen molar-refractivity contribution in [2.45, 2.75) is 6.61 Å². The van der Waals surface area contributed by atoms with Gasteiger partial charge in [0.05, 0.1) is 6.61 Å². The Balaban J connectivity index is 2.18. The minimum absolute atomic E-state index is 0.00282. The zero-order chi connectivity index (χ0) is 13.9. The summed E-state index contributed by atoms with van der Waals surface area (Å²) in [5, 5.41) is 11.5. The van der Waals surface area contributed by atoms with E-state index in [4.69, 9.17) is 0 Å². The zero-order valence-corrected chi connectivity index (χ0v) is 11.3. The van der Waals surface area contributed by atoms with Gasteiger partial charge in [-0.3, -0.25) is 0 Å². The van der Waals surface area contributed by atoms with Crippen LogP contribution in [0.2, 0.25) is 0 Å². The normalized spacial score (nSPS) is 10.7. The van der Waals surface area contributed by atoms with Gasteiger partial charge < -0.3 is 10.0 Å². The zero-order valence-electron chi connectivity index (χ0n) is 11.3. The van der Waals surface area contributed by atoms with Crippen LogP contribution in [-0.4, -0.2) is 17.1 Å². The second kappa shape index (κ2) is 5.31. The van der Waals surface area contributed by atoms with Gasteiger partial charge in [-0.25, -0.2) is 4.98 Å². The predicted molar refractivity (Wildman–Crippen MR) is 82.2 cm³/mol. The summed E-state index contributed by atoms with van der Waals surface area (Å²) in [6, 6.07) is 18.2. The Hall–Kier alpha value is -2.39. The van der Waals surface area contributed by atoms with E-state index in [-0.39, 0.29) is 6.61 Å². The molecule has 1 aromatic heterocycles. The number of aliphatic hydroxyl groups is 1. The molecule has 20 heavy (non-hydrogen) atoms. The van der Waals surface area contributed by atoms with Crippen LogP contribution in [0, 0.1) is 0 Å². The second-order valence-corrected chi connectivity index (χ2v) is 4.71.